The SMILES string of the molecule is CC(CCCC(F)(F)F)NCCc1c[nH]c2ccccc12. The summed E-state index contributed by atoms with van der Waals surface area (Å²) >= 11 is 0. The first-order valence-electron chi connectivity index (χ1n) is 7.31. The van der Waals surface area contributed by atoms with Crippen molar-refractivity contribution in [1.82, 2.24) is 10.3 Å². The van der Waals surface area contributed by atoms with Crippen molar-refractivity contribution >= 4 is 10.9 Å². The van der Waals surface area contributed by atoms with Crippen LogP contribution in [0.15, 0.2) is 30.5 Å². The van der Waals surface area contributed by atoms with Gasteiger partial charge in [-0.2, -0.15) is 13.2 Å². The maximum atomic E-state index is 12.1. The monoisotopic (exact) mass is 298 g/mol. The van der Waals surface area contributed by atoms with E-state index < -0.39 is 12.6 Å². The van der Waals surface area contributed by atoms with E-state index in [4.69, 9.17) is 0 Å². The highest BCUT2D eigenvalue weighted by Gasteiger charge is 2.26. The highest BCUT2D eigenvalue weighted by Crippen LogP contribution is 2.22. The number of fused-ring (bicyclic) bond motifs is 1. The van der Waals surface area contributed by atoms with Crippen molar-refractivity contribution in [3.8, 4) is 0 Å². The predicted molar refractivity (Wildman–Crippen MR) is 79.4 cm³/mol. The third kappa shape index (κ3) is 5.08. The molecule has 0 aliphatic heterocycles. The molecule has 0 bridgehead atoms. The van der Waals surface area contributed by atoms with Crippen LogP contribution in [0, 0.1) is 0 Å². The van der Waals surface area contributed by atoms with E-state index in [0.29, 0.717) is 6.42 Å². The van der Waals surface area contributed by atoms with Crippen LogP contribution in [-0.4, -0.2) is 23.7 Å². The first-order valence-corrected chi connectivity index (χ1v) is 7.31. The van der Waals surface area contributed by atoms with E-state index in [0.717, 1.165) is 18.5 Å². The summed E-state index contributed by atoms with van der Waals surface area (Å²) in [6.45, 7) is 2.71. The Morgan fingerprint density at radius 3 is 2.76 bits per heavy atom. The number of nitrogens with one attached hydrogen (secondary N) is 2. The second kappa shape index (κ2) is 6.98. The Morgan fingerprint density at radius 2 is 2.00 bits per heavy atom. The zero-order chi connectivity index (χ0) is 15.3. The molecule has 2 aromatic rings. The summed E-state index contributed by atoms with van der Waals surface area (Å²) in [5, 5.41) is 4.50. The summed E-state index contributed by atoms with van der Waals surface area (Å²) in [4.78, 5) is 3.22. The third-order valence-electron chi connectivity index (χ3n) is 3.66. The molecule has 0 amide bonds. The van der Waals surface area contributed by atoms with Crippen molar-refractivity contribution in [1.29, 1.82) is 0 Å². The highest BCUT2D eigenvalue weighted by atomic mass is 19.4. The molecule has 2 rings (SSSR count). The van der Waals surface area contributed by atoms with Gasteiger partial charge in [0.05, 0.1) is 0 Å². The van der Waals surface area contributed by atoms with E-state index in [-0.39, 0.29) is 12.5 Å². The minimum atomic E-state index is -4.04. The maximum absolute atomic E-state index is 12.1. The van der Waals surface area contributed by atoms with Crippen molar-refractivity contribution in [2.75, 3.05) is 6.54 Å². The average Bonchev–Trinajstić information content (AvgIpc) is 2.81. The second-order valence-corrected chi connectivity index (χ2v) is 5.47. The quantitative estimate of drug-likeness (QED) is 0.778. The Balaban J connectivity index is 1.71. The Morgan fingerprint density at radius 1 is 1.24 bits per heavy atom. The van der Waals surface area contributed by atoms with Gasteiger partial charge in [-0.25, -0.2) is 0 Å². The van der Waals surface area contributed by atoms with E-state index >= 15 is 0 Å². The standard InChI is InChI=1S/C16H21F3N2/c1-12(5-4-9-16(17,18)19)20-10-8-13-11-21-15-7-3-2-6-14(13)15/h2-3,6-7,11-12,20-21H,4-5,8-10H2,1H3. The summed E-state index contributed by atoms with van der Waals surface area (Å²) in [7, 11) is 0. The molecule has 2 nitrogen and oxygen atoms in total. The van der Waals surface area contributed by atoms with Gasteiger partial charge in [0.2, 0.25) is 0 Å². The van der Waals surface area contributed by atoms with E-state index in [1.807, 2.05) is 31.3 Å². The normalized spacial score (nSPS) is 13.7. The van der Waals surface area contributed by atoms with Crippen LogP contribution in [0.3, 0.4) is 0 Å². The van der Waals surface area contributed by atoms with Crippen molar-refractivity contribution in [2.24, 2.45) is 0 Å². The lowest BCUT2D eigenvalue weighted by molar-refractivity contribution is -0.135. The van der Waals surface area contributed by atoms with Gasteiger partial charge in [0.25, 0.3) is 0 Å². The van der Waals surface area contributed by atoms with E-state index in [9.17, 15) is 13.2 Å². The summed E-state index contributed by atoms with van der Waals surface area (Å²) < 4.78 is 36.2. The molecule has 0 saturated heterocycles. The average molecular weight is 298 g/mol. The number of benzene rings is 1. The zero-order valence-electron chi connectivity index (χ0n) is 12.1. The molecule has 2 N–H and O–H groups in total. The molecule has 0 spiro atoms. The first-order chi connectivity index (χ1) is 9.96. The van der Waals surface area contributed by atoms with Crippen molar-refractivity contribution in [3.05, 3.63) is 36.0 Å². The van der Waals surface area contributed by atoms with Crippen molar-refractivity contribution in [2.45, 2.75) is 44.8 Å². The Labute approximate surface area is 122 Å². The molecule has 5 heteroatoms. The number of hydrogen-bond acceptors (Lipinski definition) is 1. The minimum Gasteiger partial charge on any atom is -0.361 e. The van der Waals surface area contributed by atoms with Crippen molar-refractivity contribution in [3.63, 3.8) is 0 Å². The zero-order valence-corrected chi connectivity index (χ0v) is 12.1. The molecule has 1 heterocycles. The van der Waals surface area contributed by atoms with E-state index in [1.54, 1.807) is 0 Å². The number of para-hydroxylation sites is 1. The Bertz CT molecular complexity index is 560. The fourth-order valence-corrected chi connectivity index (χ4v) is 2.50. The topological polar surface area (TPSA) is 27.8 Å². The first kappa shape index (κ1) is 15.9. The van der Waals surface area contributed by atoms with Crippen LogP contribution in [0.1, 0.15) is 31.7 Å². The van der Waals surface area contributed by atoms with Gasteiger partial charge >= 0.3 is 6.18 Å². The number of halogens is 3. The van der Waals surface area contributed by atoms with E-state index in [2.05, 4.69) is 16.4 Å². The summed E-state index contributed by atoms with van der Waals surface area (Å²) in [6.07, 6.45) is -1.13. The van der Waals surface area contributed by atoms with Gasteiger partial charge in [-0.1, -0.05) is 18.2 Å². The summed E-state index contributed by atoms with van der Waals surface area (Å²) in [6, 6.07) is 8.22. The van der Waals surface area contributed by atoms with Crippen molar-refractivity contribution < 1.29 is 13.2 Å². The molecule has 0 fully saturated rings. The van der Waals surface area contributed by atoms with Gasteiger partial charge in [-0.15, -0.1) is 0 Å². The van der Waals surface area contributed by atoms with Gasteiger partial charge < -0.3 is 10.3 Å². The van der Waals surface area contributed by atoms with Gasteiger partial charge in [-0.3, -0.25) is 0 Å². The fourth-order valence-electron chi connectivity index (χ4n) is 2.50. The Kier molecular flexibility index (Phi) is 5.28. The molecular weight excluding hydrogens is 277 g/mol. The number of alkyl halides is 3. The number of hydrogen-bond donors (Lipinski definition) is 2. The smallest absolute Gasteiger partial charge is 0.361 e. The van der Waals surface area contributed by atoms with Crippen LogP contribution in [0.4, 0.5) is 13.2 Å². The molecule has 0 saturated carbocycles. The highest BCUT2D eigenvalue weighted by molar-refractivity contribution is 5.83. The van der Waals surface area contributed by atoms with Crippen LogP contribution in [0.2, 0.25) is 0 Å². The molecule has 1 unspecified atom stereocenters. The predicted octanol–water partition coefficient (Wildman–Crippen LogP) is 4.42. The Hall–Kier alpha value is -1.49. The van der Waals surface area contributed by atoms with Gasteiger partial charge in [-0.05, 0) is 44.4 Å². The summed E-state index contributed by atoms with van der Waals surface area (Å²) in [5.41, 5.74) is 2.35. The molecule has 21 heavy (non-hydrogen) atoms. The van der Waals surface area contributed by atoms with Gasteiger partial charge in [0, 0.05) is 29.6 Å². The maximum Gasteiger partial charge on any atom is 0.389 e. The number of rotatable bonds is 7. The third-order valence-corrected chi connectivity index (χ3v) is 3.66. The van der Waals surface area contributed by atoms with Crippen LogP contribution in [0.25, 0.3) is 10.9 Å². The number of aromatic nitrogens is 1. The lowest BCUT2D eigenvalue weighted by atomic mass is 10.1. The van der Waals surface area contributed by atoms with Crippen LogP contribution in [-0.2, 0) is 6.42 Å². The summed E-state index contributed by atoms with van der Waals surface area (Å²) in [5.74, 6) is 0. The molecule has 0 radical (unpaired) electrons. The fraction of sp³-hybridized carbons (Fsp3) is 0.500. The minimum absolute atomic E-state index is 0.109. The lowest BCUT2D eigenvalue weighted by Gasteiger charge is -2.14. The molecular formula is C16H21F3N2. The molecule has 1 aromatic carbocycles. The molecule has 1 atom stereocenters. The lowest BCUT2D eigenvalue weighted by Crippen LogP contribution is -2.28. The molecule has 1 aromatic heterocycles. The molecule has 0 aliphatic carbocycles. The molecule has 116 valence electrons. The van der Waals surface area contributed by atoms with Gasteiger partial charge in [0.15, 0.2) is 0 Å². The van der Waals surface area contributed by atoms with Crippen LogP contribution in [0.5, 0.6) is 0 Å². The van der Waals surface area contributed by atoms with Crippen LogP contribution < -0.4 is 5.32 Å². The number of H-pyrrole nitrogens is 1. The van der Waals surface area contributed by atoms with E-state index in [1.165, 1.54) is 10.9 Å². The number of aromatic amines is 1. The molecule has 0 aliphatic rings. The largest absolute Gasteiger partial charge is 0.389 e. The van der Waals surface area contributed by atoms with Crippen LogP contribution >= 0.6 is 0 Å². The van der Waals surface area contributed by atoms with Gasteiger partial charge in [0.1, 0.15) is 0 Å². The second-order valence-electron chi connectivity index (χ2n) is 5.47.